The SMILES string of the molecule is C=C(c1ccco1)C(OCC)OCC. The van der Waals surface area contributed by atoms with Gasteiger partial charge in [-0.05, 0) is 26.0 Å². The van der Waals surface area contributed by atoms with Crippen molar-refractivity contribution in [2.75, 3.05) is 13.2 Å². The van der Waals surface area contributed by atoms with Gasteiger partial charge < -0.3 is 13.9 Å². The molecule has 3 nitrogen and oxygen atoms in total. The van der Waals surface area contributed by atoms with E-state index in [1.165, 1.54) is 0 Å². The Morgan fingerprint density at radius 3 is 2.50 bits per heavy atom. The number of ether oxygens (including phenoxy) is 2. The molecule has 1 rings (SSSR count). The summed E-state index contributed by atoms with van der Waals surface area (Å²) in [6.45, 7) is 8.90. The van der Waals surface area contributed by atoms with E-state index < -0.39 is 6.29 Å². The van der Waals surface area contributed by atoms with Crippen LogP contribution >= 0.6 is 0 Å². The minimum atomic E-state index is -0.406. The largest absolute Gasteiger partial charge is 0.465 e. The van der Waals surface area contributed by atoms with Crippen molar-refractivity contribution in [3.05, 3.63) is 30.7 Å². The Labute approximate surface area is 84.3 Å². The first-order valence-electron chi connectivity index (χ1n) is 4.75. The Hall–Kier alpha value is -1.06. The van der Waals surface area contributed by atoms with Crippen LogP contribution in [0.1, 0.15) is 19.6 Å². The van der Waals surface area contributed by atoms with Crippen molar-refractivity contribution >= 4 is 5.57 Å². The third-order valence-corrected chi connectivity index (χ3v) is 1.76. The first-order chi connectivity index (χ1) is 6.79. The van der Waals surface area contributed by atoms with E-state index in [4.69, 9.17) is 13.9 Å². The predicted molar refractivity (Wildman–Crippen MR) is 54.8 cm³/mol. The quantitative estimate of drug-likeness (QED) is 0.655. The van der Waals surface area contributed by atoms with Gasteiger partial charge in [-0.15, -0.1) is 0 Å². The zero-order chi connectivity index (χ0) is 10.4. The van der Waals surface area contributed by atoms with Crippen molar-refractivity contribution in [3.63, 3.8) is 0 Å². The maximum atomic E-state index is 5.39. The predicted octanol–water partition coefficient (Wildman–Crippen LogP) is 2.69. The number of rotatable bonds is 6. The van der Waals surface area contributed by atoms with Crippen LogP contribution in [0.4, 0.5) is 0 Å². The summed E-state index contributed by atoms with van der Waals surface area (Å²) in [4.78, 5) is 0. The van der Waals surface area contributed by atoms with Gasteiger partial charge >= 0.3 is 0 Å². The van der Waals surface area contributed by atoms with Crippen LogP contribution < -0.4 is 0 Å². The summed E-state index contributed by atoms with van der Waals surface area (Å²) in [6.07, 6.45) is 1.20. The zero-order valence-electron chi connectivity index (χ0n) is 8.66. The molecule has 0 aliphatic rings. The lowest BCUT2D eigenvalue weighted by molar-refractivity contribution is -0.0969. The van der Waals surface area contributed by atoms with E-state index in [1.807, 2.05) is 26.0 Å². The van der Waals surface area contributed by atoms with Crippen LogP contribution in [0.3, 0.4) is 0 Å². The van der Waals surface area contributed by atoms with Crippen LogP contribution in [0, 0.1) is 0 Å². The smallest absolute Gasteiger partial charge is 0.186 e. The van der Waals surface area contributed by atoms with E-state index in [-0.39, 0.29) is 0 Å². The summed E-state index contributed by atoms with van der Waals surface area (Å²) < 4.78 is 16.0. The average molecular weight is 196 g/mol. The van der Waals surface area contributed by atoms with Gasteiger partial charge in [-0.3, -0.25) is 0 Å². The second-order valence-corrected chi connectivity index (χ2v) is 2.75. The van der Waals surface area contributed by atoms with Crippen LogP contribution in [0.2, 0.25) is 0 Å². The first-order valence-corrected chi connectivity index (χ1v) is 4.75. The van der Waals surface area contributed by atoms with Crippen LogP contribution in [0.5, 0.6) is 0 Å². The molecular formula is C11H16O3. The lowest BCUT2D eigenvalue weighted by Gasteiger charge is -2.17. The van der Waals surface area contributed by atoms with Crippen molar-refractivity contribution in [1.29, 1.82) is 0 Å². The first kappa shape index (κ1) is 11.0. The molecule has 0 saturated carbocycles. The topological polar surface area (TPSA) is 31.6 Å². The molecule has 0 radical (unpaired) electrons. The molecule has 3 heteroatoms. The highest BCUT2D eigenvalue weighted by atomic mass is 16.7. The van der Waals surface area contributed by atoms with E-state index in [0.29, 0.717) is 19.0 Å². The Balaban J connectivity index is 2.63. The van der Waals surface area contributed by atoms with Crippen LogP contribution in [0.25, 0.3) is 5.57 Å². The Morgan fingerprint density at radius 1 is 1.43 bits per heavy atom. The summed E-state index contributed by atoms with van der Waals surface area (Å²) in [7, 11) is 0. The van der Waals surface area contributed by atoms with E-state index in [1.54, 1.807) is 6.26 Å². The highest BCUT2D eigenvalue weighted by Crippen LogP contribution is 2.19. The molecule has 0 bridgehead atoms. The Morgan fingerprint density at radius 2 is 2.07 bits per heavy atom. The van der Waals surface area contributed by atoms with Crippen molar-refractivity contribution in [3.8, 4) is 0 Å². The molecule has 0 amide bonds. The molecule has 0 spiro atoms. The zero-order valence-corrected chi connectivity index (χ0v) is 8.66. The van der Waals surface area contributed by atoms with E-state index >= 15 is 0 Å². The number of hydrogen-bond acceptors (Lipinski definition) is 3. The molecule has 0 saturated heterocycles. The molecule has 0 atom stereocenters. The van der Waals surface area contributed by atoms with Crippen molar-refractivity contribution in [1.82, 2.24) is 0 Å². The van der Waals surface area contributed by atoms with Gasteiger partial charge in [0.25, 0.3) is 0 Å². The van der Waals surface area contributed by atoms with Gasteiger partial charge in [0, 0.05) is 18.8 Å². The molecule has 1 heterocycles. The maximum Gasteiger partial charge on any atom is 0.186 e. The molecule has 14 heavy (non-hydrogen) atoms. The summed E-state index contributed by atoms with van der Waals surface area (Å²) >= 11 is 0. The molecule has 0 unspecified atom stereocenters. The molecule has 0 N–H and O–H groups in total. The van der Waals surface area contributed by atoms with Gasteiger partial charge in [0.05, 0.1) is 6.26 Å². The highest BCUT2D eigenvalue weighted by Gasteiger charge is 2.15. The fourth-order valence-corrected chi connectivity index (χ4v) is 1.13. The summed E-state index contributed by atoms with van der Waals surface area (Å²) in [5.41, 5.74) is 0.721. The molecule has 0 fully saturated rings. The van der Waals surface area contributed by atoms with Crippen molar-refractivity contribution < 1.29 is 13.9 Å². The molecular weight excluding hydrogens is 180 g/mol. The van der Waals surface area contributed by atoms with Gasteiger partial charge in [0.2, 0.25) is 0 Å². The Kier molecular flexibility index (Phi) is 4.43. The summed E-state index contributed by atoms with van der Waals surface area (Å²) in [5.74, 6) is 0.705. The summed E-state index contributed by atoms with van der Waals surface area (Å²) in [5, 5.41) is 0. The van der Waals surface area contributed by atoms with E-state index in [2.05, 4.69) is 6.58 Å². The number of furan rings is 1. The number of hydrogen-bond donors (Lipinski definition) is 0. The second-order valence-electron chi connectivity index (χ2n) is 2.75. The Bertz CT molecular complexity index is 258. The molecule has 1 aromatic rings. The van der Waals surface area contributed by atoms with Crippen molar-refractivity contribution in [2.45, 2.75) is 20.1 Å². The molecule has 0 aliphatic heterocycles. The van der Waals surface area contributed by atoms with Crippen LogP contribution in [-0.2, 0) is 9.47 Å². The van der Waals surface area contributed by atoms with Crippen LogP contribution in [-0.4, -0.2) is 19.5 Å². The minimum absolute atomic E-state index is 0.406. The highest BCUT2D eigenvalue weighted by molar-refractivity contribution is 5.61. The molecule has 1 aromatic heterocycles. The lowest BCUT2D eigenvalue weighted by atomic mass is 10.2. The van der Waals surface area contributed by atoms with Gasteiger partial charge in [0.1, 0.15) is 5.76 Å². The van der Waals surface area contributed by atoms with E-state index in [0.717, 1.165) is 5.57 Å². The normalized spacial score (nSPS) is 10.8. The van der Waals surface area contributed by atoms with Gasteiger partial charge in [0.15, 0.2) is 6.29 Å². The maximum absolute atomic E-state index is 5.39. The lowest BCUT2D eigenvalue weighted by Crippen LogP contribution is -2.18. The third kappa shape index (κ3) is 2.72. The third-order valence-electron chi connectivity index (χ3n) is 1.76. The fraction of sp³-hybridized carbons (Fsp3) is 0.455. The van der Waals surface area contributed by atoms with Gasteiger partial charge in [-0.2, -0.15) is 0 Å². The molecule has 0 aromatic carbocycles. The standard InChI is InChI=1S/C11H16O3/c1-4-12-11(13-5-2)9(3)10-7-6-8-14-10/h6-8,11H,3-5H2,1-2H3. The van der Waals surface area contributed by atoms with Gasteiger partial charge in [-0.1, -0.05) is 6.58 Å². The average Bonchev–Trinajstić information content (AvgIpc) is 2.69. The van der Waals surface area contributed by atoms with Gasteiger partial charge in [-0.25, -0.2) is 0 Å². The second kappa shape index (κ2) is 5.62. The summed E-state index contributed by atoms with van der Waals surface area (Å²) in [6, 6.07) is 3.66. The minimum Gasteiger partial charge on any atom is -0.465 e. The van der Waals surface area contributed by atoms with Crippen molar-refractivity contribution in [2.24, 2.45) is 0 Å². The van der Waals surface area contributed by atoms with E-state index in [9.17, 15) is 0 Å². The van der Waals surface area contributed by atoms with Crippen LogP contribution in [0.15, 0.2) is 29.4 Å². The molecule has 78 valence electrons. The monoisotopic (exact) mass is 196 g/mol. The fourth-order valence-electron chi connectivity index (χ4n) is 1.13. The molecule has 0 aliphatic carbocycles.